The van der Waals surface area contributed by atoms with Gasteiger partial charge in [-0.15, -0.1) is 0 Å². The molecule has 0 atom stereocenters. The van der Waals surface area contributed by atoms with Crippen LogP contribution in [0.15, 0.2) is 18.2 Å². The predicted molar refractivity (Wildman–Crippen MR) is 69.8 cm³/mol. The zero-order chi connectivity index (χ0) is 14.2. The van der Waals surface area contributed by atoms with E-state index < -0.39 is 10.5 Å². The molecule has 0 spiro atoms. The molecule has 1 aliphatic rings. The summed E-state index contributed by atoms with van der Waals surface area (Å²) in [6.45, 7) is 4.52. The van der Waals surface area contributed by atoms with Gasteiger partial charge >= 0.3 is 5.69 Å². The van der Waals surface area contributed by atoms with Crippen LogP contribution in [0.5, 0.6) is 0 Å². The number of hydrogen-bond donors (Lipinski definition) is 1. The molecule has 1 N–H and O–H groups in total. The van der Waals surface area contributed by atoms with Gasteiger partial charge in [-0.1, -0.05) is 19.9 Å². The van der Waals surface area contributed by atoms with E-state index in [1.807, 2.05) is 19.9 Å². The van der Waals surface area contributed by atoms with E-state index in [-0.39, 0.29) is 17.2 Å². The number of nitriles is 1. The Morgan fingerprint density at radius 3 is 2.63 bits per heavy atom. The maximum atomic E-state index is 11.1. The van der Waals surface area contributed by atoms with E-state index in [9.17, 15) is 15.2 Å². The Morgan fingerprint density at radius 1 is 1.53 bits per heavy atom. The van der Waals surface area contributed by atoms with Crippen LogP contribution in [0, 0.1) is 27.4 Å². The maximum absolute atomic E-state index is 11.1. The number of hydrogen-bond acceptors (Lipinski definition) is 5. The van der Waals surface area contributed by atoms with E-state index in [1.54, 1.807) is 17.0 Å². The van der Waals surface area contributed by atoms with Crippen molar-refractivity contribution in [3.8, 4) is 6.07 Å². The Hall–Kier alpha value is -2.13. The Morgan fingerprint density at radius 2 is 2.16 bits per heavy atom. The third kappa shape index (κ3) is 2.13. The Kier molecular flexibility index (Phi) is 3.16. The van der Waals surface area contributed by atoms with Gasteiger partial charge in [0.1, 0.15) is 22.9 Å². The minimum atomic E-state index is -0.809. The fourth-order valence-electron chi connectivity index (χ4n) is 2.22. The molecule has 19 heavy (non-hydrogen) atoms. The summed E-state index contributed by atoms with van der Waals surface area (Å²) in [5.41, 5.74) is -0.552. The smallest absolute Gasteiger partial charge is 0.310 e. The van der Waals surface area contributed by atoms with E-state index >= 15 is 0 Å². The molecule has 0 saturated carbocycles. The van der Waals surface area contributed by atoms with Gasteiger partial charge in [-0.25, -0.2) is 0 Å². The van der Waals surface area contributed by atoms with Gasteiger partial charge < -0.3 is 10.0 Å². The quantitative estimate of drug-likeness (QED) is 0.660. The van der Waals surface area contributed by atoms with Crippen LogP contribution in [0.1, 0.15) is 19.4 Å². The van der Waals surface area contributed by atoms with Crippen LogP contribution >= 0.6 is 0 Å². The lowest BCUT2D eigenvalue weighted by atomic mass is 9.82. The lowest BCUT2D eigenvalue weighted by Gasteiger charge is -2.50. The van der Waals surface area contributed by atoms with Gasteiger partial charge in [0.2, 0.25) is 0 Å². The van der Waals surface area contributed by atoms with Crippen molar-refractivity contribution < 1.29 is 10.0 Å². The van der Waals surface area contributed by atoms with Crippen molar-refractivity contribution in [1.82, 2.24) is 0 Å². The predicted octanol–water partition coefficient (Wildman–Crippen LogP) is 1.67. The molecular formula is C13H15N3O3. The molecule has 1 aromatic rings. The monoisotopic (exact) mass is 261 g/mol. The zero-order valence-corrected chi connectivity index (χ0v) is 10.8. The van der Waals surface area contributed by atoms with E-state index in [0.29, 0.717) is 18.8 Å². The van der Waals surface area contributed by atoms with Crippen molar-refractivity contribution in [2.24, 2.45) is 5.92 Å². The maximum Gasteiger partial charge on any atom is 0.310 e. The lowest BCUT2D eigenvalue weighted by Crippen LogP contribution is -2.64. The van der Waals surface area contributed by atoms with Crippen LogP contribution in [0.3, 0.4) is 0 Å². The van der Waals surface area contributed by atoms with E-state index in [0.717, 1.165) is 0 Å². The van der Waals surface area contributed by atoms with Crippen molar-refractivity contribution >= 4 is 11.4 Å². The number of anilines is 1. The first-order chi connectivity index (χ1) is 8.89. The van der Waals surface area contributed by atoms with Crippen molar-refractivity contribution in [1.29, 1.82) is 5.26 Å². The topological polar surface area (TPSA) is 90.4 Å². The molecule has 0 aromatic heterocycles. The third-order valence-corrected chi connectivity index (χ3v) is 3.66. The highest BCUT2D eigenvalue weighted by atomic mass is 16.6. The van der Waals surface area contributed by atoms with Gasteiger partial charge in [0, 0.05) is 13.1 Å². The van der Waals surface area contributed by atoms with E-state index in [1.165, 1.54) is 6.07 Å². The molecule has 0 amide bonds. The average molecular weight is 261 g/mol. The summed E-state index contributed by atoms with van der Waals surface area (Å²) in [5, 5.41) is 30.2. The van der Waals surface area contributed by atoms with E-state index in [4.69, 9.17) is 5.26 Å². The Labute approximate surface area is 111 Å². The number of nitrogens with zero attached hydrogens (tertiary/aromatic N) is 3. The standard InChI is InChI=1S/C13H15N3O3/c1-9(2)13(17)7-15(8-13)11-5-3-4-10(6-14)12(11)16(18)19/h3-5,9,17H,7-8H2,1-2H3. The average Bonchev–Trinajstić information content (AvgIpc) is 2.33. The first kappa shape index (κ1) is 13.3. The fourth-order valence-corrected chi connectivity index (χ4v) is 2.22. The SMILES string of the molecule is CC(C)C1(O)CN(c2cccc(C#N)c2[N+](=O)[O-])C1. The van der Waals surface area contributed by atoms with Gasteiger partial charge in [0.25, 0.3) is 0 Å². The first-order valence-electron chi connectivity index (χ1n) is 6.04. The second kappa shape index (κ2) is 4.52. The second-order valence-corrected chi connectivity index (χ2v) is 5.16. The summed E-state index contributed by atoms with van der Waals surface area (Å²) in [5.74, 6) is 0.0851. The lowest BCUT2D eigenvalue weighted by molar-refractivity contribution is -0.384. The van der Waals surface area contributed by atoms with Crippen LogP contribution in [-0.4, -0.2) is 28.7 Å². The molecule has 0 radical (unpaired) electrons. The van der Waals surface area contributed by atoms with Crippen LogP contribution in [0.4, 0.5) is 11.4 Å². The van der Waals surface area contributed by atoms with Crippen molar-refractivity contribution in [3.05, 3.63) is 33.9 Å². The third-order valence-electron chi connectivity index (χ3n) is 3.66. The van der Waals surface area contributed by atoms with Crippen molar-refractivity contribution in [2.75, 3.05) is 18.0 Å². The minimum Gasteiger partial charge on any atom is -0.386 e. The molecular weight excluding hydrogens is 246 g/mol. The van der Waals surface area contributed by atoms with E-state index in [2.05, 4.69) is 0 Å². The number of benzene rings is 1. The molecule has 6 nitrogen and oxygen atoms in total. The van der Waals surface area contributed by atoms with Crippen LogP contribution in [0.25, 0.3) is 0 Å². The molecule has 1 heterocycles. The fraction of sp³-hybridized carbons (Fsp3) is 0.462. The van der Waals surface area contributed by atoms with Gasteiger partial charge in [-0.3, -0.25) is 10.1 Å². The number of rotatable bonds is 3. The van der Waals surface area contributed by atoms with Crippen LogP contribution in [-0.2, 0) is 0 Å². The first-order valence-corrected chi connectivity index (χ1v) is 6.04. The molecule has 1 saturated heterocycles. The number of para-hydroxylation sites is 1. The Bertz CT molecular complexity index is 557. The molecule has 0 aliphatic carbocycles. The molecule has 1 aliphatic heterocycles. The highest BCUT2D eigenvalue weighted by Crippen LogP contribution is 2.38. The van der Waals surface area contributed by atoms with Crippen molar-refractivity contribution in [2.45, 2.75) is 19.4 Å². The summed E-state index contributed by atoms with van der Waals surface area (Å²) >= 11 is 0. The normalized spacial score (nSPS) is 16.9. The summed E-state index contributed by atoms with van der Waals surface area (Å²) in [6, 6.07) is 6.49. The second-order valence-electron chi connectivity index (χ2n) is 5.16. The summed E-state index contributed by atoms with van der Waals surface area (Å²) in [7, 11) is 0. The molecule has 0 bridgehead atoms. The van der Waals surface area contributed by atoms with Gasteiger partial charge in [0.15, 0.2) is 0 Å². The van der Waals surface area contributed by atoms with Gasteiger partial charge in [-0.05, 0) is 18.1 Å². The highest BCUT2D eigenvalue weighted by Gasteiger charge is 2.45. The molecule has 0 unspecified atom stereocenters. The van der Waals surface area contributed by atoms with Crippen molar-refractivity contribution in [3.63, 3.8) is 0 Å². The largest absolute Gasteiger partial charge is 0.386 e. The Balaban J connectivity index is 2.34. The number of aliphatic hydroxyl groups is 1. The summed E-state index contributed by atoms with van der Waals surface area (Å²) < 4.78 is 0. The summed E-state index contributed by atoms with van der Waals surface area (Å²) in [4.78, 5) is 12.3. The highest BCUT2D eigenvalue weighted by molar-refractivity contribution is 5.71. The zero-order valence-electron chi connectivity index (χ0n) is 10.8. The molecule has 6 heteroatoms. The molecule has 1 fully saturated rings. The molecule has 2 rings (SSSR count). The minimum absolute atomic E-state index is 0.0440. The van der Waals surface area contributed by atoms with Gasteiger partial charge in [0.05, 0.1) is 4.92 Å². The number of nitro benzene ring substituents is 1. The van der Waals surface area contributed by atoms with Crippen LogP contribution < -0.4 is 4.90 Å². The molecule has 1 aromatic carbocycles. The number of β-amino-alcohol motifs (C(OH)–C–C–N with tert-alkyl or cyclic N) is 1. The molecule has 100 valence electrons. The number of nitro groups is 1. The van der Waals surface area contributed by atoms with Crippen LogP contribution in [0.2, 0.25) is 0 Å². The van der Waals surface area contributed by atoms with Gasteiger partial charge in [-0.2, -0.15) is 5.26 Å². The summed E-state index contributed by atoms with van der Waals surface area (Å²) in [6.07, 6.45) is 0.